The van der Waals surface area contributed by atoms with E-state index in [1.165, 1.54) is 4.90 Å². The Morgan fingerprint density at radius 2 is 1.88 bits per heavy atom. The fraction of sp³-hybridized carbons (Fsp3) is 0.909. The van der Waals surface area contributed by atoms with E-state index < -0.39 is 36.4 Å². The Hall–Kier alpha value is -0.870. The highest BCUT2D eigenvalue weighted by Crippen LogP contribution is 2.35. The normalized spacial score (nSPS) is 22.5. The van der Waals surface area contributed by atoms with Gasteiger partial charge in [0.1, 0.15) is 13.3 Å². The largest absolute Gasteiger partial charge is 0.447 e. The predicted octanol–water partition coefficient (Wildman–Crippen LogP) is 2.55. The van der Waals surface area contributed by atoms with E-state index in [2.05, 4.69) is 0 Å². The summed E-state index contributed by atoms with van der Waals surface area (Å²) in [6.45, 7) is 5.51. The number of halogens is 2. The summed E-state index contributed by atoms with van der Waals surface area (Å²) in [5, 5.41) is 0. The third-order valence-corrected chi connectivity index (χ3v) is 3.10. The van der Waals surface area contributed by atoms with Crippen LogP contribution >= 0.6 is 0 Å². The van der Waals surface area contributed by atoms with Crippen molar-refractivity contribution >= 4 is 6.09 Å². The van der Waals surface area contributed by atoms with Gasteiger partial charge in [-0.1, -0.05) is 13.8 Å². The molecule has 0 N–H and O–H groups in total. The molecule has 1 heterocycles. The van der Waals surface area contributed by atoms with Crippen LogP contribution in [0.25, 0.3) is 0 Å². The lowest BCUT2D eigenvalue weighted by atomic mass is 9.83. The van der Waals surface area contributed by atoms with E-state index in [1.54, 1.807) is 27.7 Å². The molecule has 1 atom stereocenters. The first-order chi connectivity index (χ1) is 7.26. The van der Waals surface area contributed by atoms with Gasteiger partial charge in [-0.15, -0.1) is 0 Å². The number of amides is 1. The van der Waals surface area contributed by atoms with Crippen LogP contribution in [-0.2, 0) is 4.74 Å². The Balaban J connectivity index is 2.99. The second-order valence-electron chi connectivity index (χ2n) is 5.53. The summed E-state index contributed by atoms with van der Waals surface area (Å²) in [5.74, 6) is 0. The van der Waals surface area contributed by atoms with E-state index in [0.29, 0.717) is 0 Å². The molecule has 1 saturated heterocycles. The minimum atomic E-state index is -0.954. The molecule has 1 aliphatic rings. The van der Waals surface area contributed by atoms with Gasteiger partial charge in [0, 0.05) is 5.41 Å². The van der Waals surface area contributed by atoms with Gasteiger partial charge in [-0.05, 0) is 13.8 Å². The van der Waals surface area contributed by atoms with Crippen LogP contribution in [0.2, 0.25) is 0 Å². The molecule has 3 nitrogen and oxygen atoms in total. The maximum atomic E-state index is 12.9. The van der Waals surface area contributed by atoms with Crippen LogP contribution in [-0.4, -0.2) is 42.5 Å². The molecule has 1 aliphatic heterocycles. The maximum Gasteiger partial charge on any atom is 0.410 e. The number of carbonyl (C=O) groups is 1. The summed E-state index contributed by atoms with van der Waals surface area (Å²) in [6, 6.07) is -0.421. The fourth-order valence-corrected chi connectivity index (χ4v) is 1.82. The first kappa shape index (κ1) is 13.2. The molecule has 1 fully saturated rings. The standard InChI is InChI=1S/C11H19F2NO2/c1-10(2,6-12)8-5-16-9(15)14(8)11(3,4)7-13/h8H,5-7H2,1-4H3. The molecule has 0 bridgehead atoms. The number of carbonyl (C=O) groups excluding carboxylic acids is 1. The van der Waals surface area contributed by atoms with E-state index in [1.807, 2.05) is 0 Å². The van der Waals surface area contributed by atoms with Gasteiger partial charge < -0.3 is 4.74 Å². The molecule has 0 saturated carbocycles. The summed E-state index contributed by atoms with van der Waals surface area (Å²) in [6.07, 6.45) is -0.561. The molecule has 0 aromatic carbocycles. The first-order valence-electron chi connectivity index (χ1n) is 5.34. The summed E-state index contributed by atoms with van der Waals surface area (Å²) >= 11 is 0. The molecular weight excluding hydrogens is 216 g/mol. The van der Waals surface area contributed by atoms with Crippen LogP contribution in [0.3, 0.4) is 0 Å². The Bertz CT molecular complexity index is 279. The lowest BCUT2D eigenvalue weighted by Crippen LogP contribution is -2.55. The van der Waals surface area contributed by atoms with Gasteiger partial charge in [0.25, 0.3) is 0 Å². The van der Waals surface area contributed by atoms with Crippen molar-refractivity contribution in [2.45, 2.75) is 39.3 Å². The second-order valence-corrected chi connectivity index (χ2v) is 5.53. The molecular formula is C11H19F2NO2. The number of rotatable bonds is 4. The molecule has 16 heavy (non-hydrogen) atoms. The molecule has 0 aromatic rings. The van der Waals surface area contributed by atoms with Crippen molar-refractivity contribution in [2.24, 2.45) is 5.41 Å². The molecule has 0 spiro atoms. The maximum absolute atomic E-state index is 12.9. The lowest BCUT2D eigenvalue weighted by molar-refractivity contribution is 0.0437. The second kappa shape index (κ2) is 4.18. The molecule has 5 heteroatoms. The minimum Gasteiger partial charge on any atom is -0.447 e. The minimum absolute atomic E-state index is 0.124. The highest BCUT2D eigenvalue weighted by Gasteiger charge is 2.49. The third kappa shape index (κ3) is 2.13. The quantitative estimate of drug-likeness (QED) is 0.749. The average molecular weight is 235 g/mol. The highest BCUT2D eigenvalue weighted by molar-refractivity contribution is 5.71. The highest BCUT2D eigenvalue weighted by atomic mass is 19.1. The van der Waals surface area contributed by atoms with Crippen molar-refractivity contribution < 1.29 is 18.3 Å². The number of hydrogen-bond donors (Lipinski definition) is 0. The van der Waals surface area contributed by atoms with Gasteiger partial charge in [-0.2, -0.15) is 0 Å². The molecule has 0 radical (unpaired) electrons. The SMILES string of the molecule is CC(C)(CF)C1COC(=O)N1C(C)(C)CF. The van der Waals surface area contributed by atoms with Crippen LogP contribution in [0, 0.1) is 5.41 Å². The topological polar surface area (TPSA) is 29.5 Å². The zero-order valence-electron chi connectivity index (χ0n) is 10.2. The summed E-state index contributed by atoms with van der Waals surface area (Å²) in [7, 11) is 0. The van der Waals surface area contributed by atoms with Crippen molar-refractivity contribution in [3.05, 3.63) is 0 Å². The molecule has 1 rings (SSSR count). The molecule has 0 aromatic heterocycles. The van der Waals surface area contributed by atoms with E-state index in [4.69, 9.17) is 4.74 Å². The van der Waals surface area contributed by atoms with Crippen LogP contribution in [0.5, 0.6) is 0 Å². The Labute approximate surface area is 94.7 Å². The zero-order chi connectivity index (χ0) is 12.6. The smallest absolute Gasteiger partial charge is 0.410 e. The van der Waals surface area contributed by atoms with Crippen LogP contribution < -0.4 is 0 Å². The van der Waals surface area contributed by atoms with E-state index in [0.717, 1.165) is 0 Å². The summed E-state index contributed by atoms with van der Waals surface area (Å²) < 4.78 is 30.8. The van der Waals surface area contributed by atoms with Gasteiger partial charge in [-0.3, -0.25) is 9.29 Å². The van der Waals surface area contributed by atoms with Gasteiger partial charge in [0.05, 0.1) is 18.3 Å². The van der Waals surface area contributed by atoms with Crippen molar-refractivity contribution in [3.8, 4) is 0 Å². The van der Waals surface area contributed by atoms with Crippen LogP contribution in [0.15, 0.2) is 0 Å². The van der Waals surface area contributed by atoms with Gasteiger partial charge in [0.2, 0.25) is 0 Å². The average Bonchev–Trinajstić information content (AvgIpc) is 2.61. The van der Waals surface area contributed by atoms with E-state index in [9.17, 15) is 13.6 Å². The Morgan fingerprint density at radius 3 is 2.31 bits per heavy atom. The monoisotopic (exact) mass is 235 g/mol. The lowest BCUT2D eigenvalue weighted by Gasteiger charge is -2.41. The first-order valence-corrected chi connectivity index (χ1v) is 5.34. The number of nitrogens with zero attached hydrogens (tertiary/aromatic N) is 1. The van der Waals surface area contributed by atoms with Crippen LogP contribution in [0.1, 0.15) is 27.7 Å². The molecule has 0 aliphatic carbocycles. The number of cyclic esters (lactones) is 1. The van der Waals surface area contributed by atoms with E-state index in [-0.39, 0.29) is 6.61 Å². The number of ether oxygens (including phenoxy) is 1. The van der Waals surface area contributed by atoms with Gasteiger partial charge in [0.15, 0.2) is 0 Å². The summed E-state index contributed by atoms with van der Waals surface area (Å²) in [5.41, 5.74) is -1.68. The summed E-state index contributed by atoms with van der Waals surface area (Å²) in [4.78, 5) is 12.9. The van der Waals surface area contributed by atoms with Gasteiger partial charge in [-0.25, -0.2) is 9.18 Å². The van der Waals surface area contributed by atoms with Crippen molar-refractivity contribution in [1.82, 2.24) is 4.90 Å². The van der Waals surface area contributed by atoms with E-state index >= 15 is 0 Å². The fourth-order valence-electron chi connectivity index (χ4n) is 1.82. The van der Waals surface area contributed by atoms with Crippen LogP contribution in [0.4, 0.5) is 13.6 Å². The number of hydrogen-bond acceptors (Lipinski definition) is 2. The zero-order valence-corrected chi connectivity index (χ0v) is 10.2. The third-order valence-electron chi connectivity index (χ3n) is 3.10. The Kier molecular flexibility index (Phi) is 3.45. The van der Waals surface area contributed by atoms with Gasteiger partial charge >= 0.3 is 6.09 Å². The van der Waals surface area contributed by atoms with Crippen molar-refractivity contribution in [3.63, 3.8) is 0 Å². The van der Waals surface area contributed by atoms with Crippen molar-refractivity contribution in [2.75, 3.05) is 20.0 Å². The van der Waals surface area contributed by atoms with Crippen molar-refractivity contribution in [1.29, 1.82) is 0 Å². The predicted molar refractivity (Wildman–Crippen MR) is 56.8 cm³/mol. The Morgan fingerprint density at radius 1 is 1.31 bits per heavy atom. The number of alkyl halides is 2. The molecule has 94 valence electrons. The molecule has 1 unspecified atom stereocenters. The molecule has 1 amide bonds.